The van der Waals surface area contributed by atoms with Gasteiger partial charge in [0.05, 0.1) is 5.52 Å². The maximum atomic E-state index is 10.7. The number of nitrogens with one attached hydrogen (secondary N) is 2. The molecule has 1 aromatic heterocycles. The van der Waals surface area contributed by atoms with Crippen molar-refractivity contribution in [2.24, 2.45) is 0 Å². The molecule has 5 rings (SSSR count). The molecule has 0 saturated carbocycles. The number of hydrogen-bond donors (Lipinski definition) is 3. The number of anilines is 2. The number of piperidine rings is 1. The quantitative estimate of drug-likeness (QED) is 0.355. The fourth-order valence-corrected chi connectivity index (χ4v) is 4.92. The van der Waals surface area contributed by atoms with E-state index in [1.165, 1.54) is 15.4 Å². The van der Waals surface area contributed by atoms with Crippen LogP contribution >= 0.6 is 11.8 Å². The lowest BCUT2D eigenvalue weighted by Crippen LogP contribution is -2.44. The van der Waals surface area contributed by atoms with E-state index < -0.39 is 5.60 Å². The van der Waals surface area contributed by atoms with Crippen LogP contribution in [-0.2, 0) is 0 Å². The van der Waals surface area contributed by atoms with Gasteiger partial charge >= 0.3 is 0 Å². The first-order chi connectivity index (χ1) is 16.6. The summed E-state index contributed by atoms with van der Waals surface area (Å²) in [4.78, 5) is 11.3. The Morgan fingerprint density at radius 3 is 2.74 bits per heavy atom. The lowest BCUT2D eigenvalue weighted by molar-refractivity contribution is 0.0736. The first-order valence-corrected chi connectivity index (χ1v) is 12.2. The Balaban J connectivity index is 1.39. The second-order valence-electron chi connectivity index (χ2n) is 8.54. The van der Waals surface area contributed by atoms with Crippen molar-refractivity contribution in [3.63, 3.8) is 0 Å². The van der Waals surface area contributed by atoms with Gasteiger partial charge < -0.3 is 15.7 Å². The van der Waals surface area contributed by atoms with E-state index in [1.807, 2.05) is 24.3 Å². The van der Waals surface area contributed by atoms with Crippen molar-refractivity contribution >= 4 is 34.2 Å². The molecule has 3 N–H and O–H groups in total. The molecule has 0 bridgehead atoms. The van der Waals surface area contributed by atoms with Crippen molar-refractivity contribution in [2.45, 2.75) is 35.2 Å². The second-order valence-corrected chi connectivity index (χ2v) is 9.65. The van der Waals surface area contributed by atoms with Gasteiger partial charge in [0.2, 0.25) is 0 Å². The van der Waals surface area contributed by atoms with Crippen LogP contribution in [0.15, 0.2) is 82.8 Å². The van der Waals surface area contributed by atoms with Crippen molar-refractivity contribution in [3.05, 3.63) is 84.2 Å². The summed E-state index contributed by atoms with van der Waals surface area (Å²) >= 11 is 1.76. The minimum absolute atomic E-state index is 0.501. The topological polar surface area (TPSA) is 70.1 Å². The van der Waals surface area contributed by atoms with Crippen molar-refractivity contribution in [1.29, 1.82) is 0 Å². The van der Waals surface area contributed by atoms with Crippen LogP contribution in [-0.4, -0.2) is 33.8 Å². The lowest BCUT2D eigenvalue weighted by atomic mass is 9.94. The Morgan fingerprint density at radius 2 is 1.94 bits per heavy atom. The van der Waals surface area contributed by atoms with Gasteiger partial charge in [-0.15, -0.1) is 0 Å². The number of hydrogen-bond acceptors (Lipinski definition) is 6. The van der Waals surface area contributed by atoms with Crippen LogP contribution in [0, 0.1) is 18.8 Å². The molecule has 2 heterocycles. The zero-order chi connectivity index (χ0) is 23.4. The van der Waals surface area contributed by atoms with Gasteiger partial charge in [0.1, 0.15) is 17.7 Å². The summed E-state index contributed by atoms with van der Waals surface area (Å²) in [5.41, 5.74) is 2.86. The third-order valence-corrected chi connectivity index (χ3v) is 7.03. The highest BCUT2D eigenvalue weighted by atomic mass is 32.2. The maximum Gasteiger partial charge on any atom is 0.141 e. The molecule has 1 unspecified atom stereocenters. The average Bonchev–Trinajstić information content (AvgIpc) is 2.86. The zero-order valence-electron chi connectivity index (χ0n) is 19.0. The molecule has 0 aliphatic carbocycles. The van der Waals surface area contributed by atoms with E-state index in [9.17, 15) is 5.11 Å². The molecule has 3 aromatic carbocycles. The molecular formula is C28H26N4OS. The zero-order valence-corrected chi connectivity index (χ0v) is 19.8. The summed E-state index contributed by atoms with van der Waals surface area (Å²) in [7, 11) is 0. The predicted molar refractivity (Wildman–Crippen MR) is 138 cm³/mol. The number of fused-ring (bicyclic) bond motifs is 1. The molecule has 34 heavy (non-hydrogen) atoms. The van der Waals surface area contributed by atoms with Crippen LogP contribution < -0.4 is 10.6 Å². The van der Waals surface area contributed by atoms with Gasteiger partial charge in [-0.3, -0.25) is 0 Å². The van der Waals surface area contributed by atoms with E-state index in [4.69, 9.17) is 0 Å². The van der Waals surface area contributed by atoms with Crippen LogP contribution in [0.4, 0.5) is 11.5 Å². The Bertz CT molecular complexity index is 1370. The Hall–Kier alpha value is -3.37. The van der Waals surface area contributed by atoms with Crippen molar-refractivity contribution < 1.29 is 5.11 Å². The number of benzene rings is 3. The normalized spacial score (nSPS) is 17.7. The second kappa shape index (κ2) is 9.86. The molecule has 4 aromatic rings. The van der Waals surface area contributed by atoms with Crippen molar-refractivity contribution in [2.75, 3.05) is 18.4 Å². The highest BCUT2D eigenvalue weighted by Crippen LogP contribution is 2.32. The third-order valence-electron chi connectivity index (χ3n) is 5.84. The highest BCUT2D eigenvalue weighted by Gasteiger charge is 2.26. The lowest BCUT2D eigenvalue weighted by Gasteiger charge is -2.27. The summed E-state index contributed by atoms with van der Waals surface area (Å²) in [6.45, 7) is 3.55. The molecular weight excluding hydrogens is 440 g/mol. The van der Waals surface area contributed by atoms with Crippen LogP contribution in [0.1, 0.15) is 24.0 Å². The van der Waals surface area contributed by atoms with Gasteiger partial charge in [0.25, 0.3) is 0 Å². The van der Waals surface area contributed by atoms with Gasteiger partial charge in [-0.25, -0.2) is 9.97 Å². The van der Waals surface area contributed by atoms with E-state index in [2.05, 4.69) is 81.8 Å². The number of nitrogens with zero attached hydrogens (tertiary/aromatic N) is 2. The van der Waals surface area contributed by atoms with E-state index in [0.717, 1.165) is 40.9 Å². The number of aromatic nitrogens is 2. The fraction of sp³-hybridized carbons (Fsp3) is 0.214. The molecule has 170 valence electrons. The minimum Gasteiger partial charge on any atom is -0.376 e. The van der Waals surface area contributed by atoms with Gasteiger partial charge in [-0.1, -0.05) is 41.8 Å². The largest absolute Gasteiger partial charge is 0.376 e. The summed E-state index contributed by atoms with van der Waals surface area (Å²) in [5.74, 6) is 6.94. The summed E-state index contributed by atoms with van der Waals surface area (Å²) in [6.07, 6.45) is 3.18. The Kier molecular flexibility index (Phi) is 6.50. The average molecular weight is 467 g/mol. The van der Waals surface area contributed by atoms with Crippen LogP contribution in [0.3, 0.4) is 0 Å². The molecule has 1 fully saturated rings. The van der Waals surface area contributed by atoms with Crippen LogP contribution in [0.2, 0.25) is 0 Å². The van der Waals surface area contributed by atoms with E-state index >= 15 is 0 Å². The van der Waals surface area contributed by atoms with E-state index in [1.54, 1.807) is 18.1 Å². The van der Waals surface area contributed by atoms with Crippen molar-refractivity contribution in [3.8, 4) is 11.8 Å². The molecule has 0 spiro atoms. The SMILES string of the molecule is Cc1cc(Nc2ncnc3ccc(C#CC4(O)CCCNC4)cc23)ccc1Sc1ccccc1. The smallest absolute Gasteiger partial charge is 0.141 e. The molecule has 6 heteroatoms. The van der Waals surface area contributed by atoms with Crippen LogP contribution in [0.25, 0.3) is 10.9 Å². The van der Waals surface area contributed by atoms with Crippen molar-refractivity contribution in [1.82, 2.24) is 15.3 Å². The number of aryl methyl sites for hydroxylation is 1. The van der Waals surface area contributed by atoms with Gasteiger partial charge in [0, 0.05) is 33.0 Å². The number of aliphatic hydroxyl groups is 1. The fourth-order valence-electron chi connectivity index (χ4n) is 4.01. The predicted octanol–water partition coefficient (Wildman–Crippen LogP) is 5.30. The van der Waals surface area contributed by atoms with E-state index in [-0.39, 0.29) is 0 Å². The summed E-state index contributed by atoms with van der Waals surface area (Å²) in [6, 6.07) is 22.6. The van der Waals surface area contributed by atoms with Gasteiger partial charge in [-0.2, -0.15) is 0 Å². The van der Waals surface area contributed by atoms with Gasteiger partial charge in [-0.05, 0) is 80.4 Å². The number of β-amino-alcohol motifs (C(OH)–C–C–N with tert-alkyl or cyclic N) is 1. The third kappa shape index (κ3) is 5.23. The maximum absolute atomic E-state index is 10.7. The Labute approximate surface area is 204 Å². The summed E-state index contributed by atoms with van der Waals surface area (Å²) in [5, 5.41) is 18.2. The number of rotatable bonds is 4. The summed E-state index contributed by atoms with van der Waals surface area (Å²) < 4.78 is 0. The molecule has 0 radical (unpaired) electrons. The standard InChI is InChI=1S/C28H26N4OS/c1-20-16-22(9-11-26(20)34-23-6-3-2-4-7-23)32-27-24-17-21(8-10-25(24)30-19-31-27)12-14-28(33)13-5-15-29-18-28/h2-4,6-11,16-17,19,29,33H,5,13,15,18H2,1H3,(H,30,31,32). The van der Waals surface area contributed by atoms with Crippen LogP contribution in [0.5, 0.6) is 0 Å². The first-order valence-electron chi connectivity index (χ1n) is 11.4. The molecule has 1 aliphatic rings. The van der Waals surface area contributed by atoms with Gasteiger partial charge in [0.15, 0.2) is 0 Å². The Morgan fingerprint density at radius 1 is 1.06 bits per heavy atom. The first kappa shape index (κ1) is 22.4. The molecule has 5 nitrogen and oxygen atoms in total. The highest BCUT2D eigenvalue weighted by molar-refractivity contribution is 7.99. The molecule has 0 amide bonds. The van der Waals surface area contributed by atoms with E-state index in [0.29, 0.717) is 13.0 Å². The molecule has 1 aliphatic heterocycles. The minimum atomic E-state index is -0.974. The molecule has 1 saturated heterocycles. The monoisotopic (exact) mass is 466 g/mol. The molecule has 1 atom stereocenters.